The van der Waals surface area contributed by atoms with Gasteiger partial charge in [-0.25, -0.2) is 0 Å². The third-order valence-electron chi connectivity index (χ3n) is 2.86. The SMILES string of the molecule is Cc1cccc(NC(C)(C)CCC(=O)O)c1[N+](=O)[O-]. The number of carbonyl (C=O) groups is 1. The van der Waals surface area contributed by atoms with E-state index in [1.807, 2.05) is 13.8 Å². The molecule has 0 atom stereocenters. The van der Waals surface area contributed by atoms with Crippen molar-refractivity contribution in [1.29, 1.82) is 0 Å². The van der Waals surface area contributed by atoms with Crippen molar-refractivity contribution in [3.8, 4) is 0 Å². The maximum absolute atomic E-state index is 11.1. The summed E-state index contributed by atoms with van der Waals surface area (Å²) in [4.78, 5) is 21.2. The lowest BCUT2D eigenvalue weighted by Gasteiger charge is -2.27. The Labute approximate surface area is 111 Å². The molecule has 0 saturated heterocycles. The number of rotatable bonds is 6. The molecule has 0 radical (unpaired) electrons. The molecule has 0 unspecified atom stereocenters. The van der Waals surface area contributed by atoms with Gasteiger partial charge < -0.3 is 10.4 Å². The van der Waals surface area contributed by atoms with Gasteiger partial charge in [0.2, 0.25) is 0 Å². The summed E-state index contributed by atoms with van der Waals surface area (Å²) in [5.74, 6) is -0.881. The van der Waals surface area contributed by atoms with E-state index < -0.39 is 16.4 Å². The van der Waals surface area contributed by atoms with E-state index in [2.05, 4.69) is 5.32 Å². The summed E-state index contributed by atoms with van der Waals surface area (Å²) in [5, 5.41) is 22.8. The van der Waals surface area contributed by atoms with E-state index in [9.17, 15) is 14.9 Å². The van der Waals surface area contributed by atoms with Gasteiger partial charge in [-0.1, -0.05) is 12.1 Å². The lowest BCUT2D eigenvalue weighted by atomic mass is 9.97. The van der Waals surface area contributed by atoms with Gasteiger partial charge in [0.25, 0.3) is 5.69 Å². The van der Waals surface area contributed by atoms with E-state index in [0.29, 0.717) is 17.7 Å². The maximum Gasteiger partial charge on any atom is 0.303 e. The van der Waals surface area contributed by atoms with Gasteiger partial charge in [0.15, 0.2) is 0 Å². The molecule has 104 valence electrons. The van der Waals surface area contributed by atoms with E-state index in [0.717, 1.165) is 0 Å². The molecule has 19 heavy (non-hydrogen) atoms. The van der Waals surface area contributed by atoms with Gasteiger partial charge in [-0.2, -0.15) is 0 Å². The predicted molar refractivity (Wildman–Crippen MR) is 72.4 cm³/mol. The van der Waals surface area contributed by atoms with E-state index in [1.54, 1.807) is 25.1 Å². The fraction of sp³-hybridized carbons (Fsp3) is 0.462. The number of nitro benzene ring substituents is 1. The molecule has 0 aliphatic heterocycles. The molecule has 0 bridgehead atoms. The molecule has 0 spiro atoms. The van der Waals surface area contributed by atoms with E-state index >= 15 is 0 Å². The molecule has 1 rings (SSSR count). The van der Waals surface area contributed by atoms with Crippen molar-refractivity contribution >= 4 is 17.3 Å². The summed E-state index contributed by atoms with van der Waals surface area (Å²) >= 11 is 0. The highest BCUT2D eigenvalue weighted by atomic mass is 16.6. The number of nitrogens with one attached hydrogen (secondary N) is 1. The minimum absolute atomic E-state index is 0.0135. The van der Waals surface area contributed by atoms with Crippen molar-refractivity contribution in [2.75, 3.05) is 5.32 Å². The number of carboxylic acids is 1. The summed E-state index contributed by atoms with van der Waals surface area (Å²) in [7, 11) is 0. The predicted octanol–water partition coefficient (Wildman–Crippen LogP) is 2.96. The number of hydrogen-bond acceptors (Lipinski definition) is 4. The van der Waals surface area contributed by atoms with Crippen molar-refractivity contribution in [3.05, 3.63) is 33.9 Å². The van der Waals surface area contributed by atoms with Gasteiger partial charge in [-0.05, 0) is 33.3 Å². The topological polar surface area (TPSA) is 92.5 Å². The van der Waals surface area contributed by atoms with Crippen LogP contribution in [-0.4, -0.2) is 21.5 Å². The van der Waals surface area contributed by atoms with Crippen LogP contribution in [0.2, 0.25) is 0 Å². The third-order valence-corrected chi connectivity index (χ3v) is 2.86. The summed E-state index contributed by atoms with van der Waals surface area (Å²) in [6.45, 7) is 5.32. The van der Waals surface area contributed by atoms with Crippen LogP contribution in [-0.2, 0) is 4.79 Å². The van der Waals surface area contributed by atoms with Crippen molar-refractivity contribution in [2.24, 2.45) is 0 Å². The molecule has 2 N–H and O–H groups in total. The van der Waals surface area contributed by atoms with Crippen molar-refractivity contribution in [3.63, 3.8) is 0 Å². The summed E-state index contributed by atoms with van der Waals surface area (Å²) in [5.41, 5.74) is 0.493. The number of para-hydroxylation sites is 1. The molecule has 6 nitrogen and oxygen atoms in total. The first kappa shape index (κ1) is 14.9. The Balaban J connectivity index is 2.95. The molecule has 0 saturated carbocycles. The second-order valence-electron chi connectivity index (χ2n) is 5.13. The minimum atomic E-state index is -0.881. The lowest BCUT2D eigenvalue weighted by molar-refractivity contribution is -0.384. The van der Waals surface area contributed by atoms with Crippen molar-refractivity contribution in [1.82, 2.24) is 0 Å². The monoisotopic (exact) mass is 266 g/mol. The van der Waals surface area contributed by atoms with Crippen molar-refractivity contribution < 1.29 is 14.8 Å². The average Bonchev–Trinajstić information content (AvgIpc) is 2.25. The first-order valence-electron chi connectivity index (χ1n) is 5.97. The van der Waals surface area contributed by atoms with Crippen LogP contribution in [0, 0.1) is 17.0 Å². The average molecular weight is 266 g/mol. The largest absolute Gasteiger partial charge is 0.481 e. The van der Waals surface area contributed by atoms with Crippen LogP contribution < -0.4 is 5.32 Å². The van der Waals surface area contributed by atoms with Gasteiger partial charge in [-0.3, -0.25) is 14.9 Å². The van der Waals surface area contributed by atoms with Crippen molar-refractivity contribution in [2.45, 2.75) is 39.2 Å². The molecule has 0 aliphatic rings. The van der Waals surface area contributed by atoms with Crippen LogP contribution in [0.5, 0.6) is 0 Å². The van der Waals surface area contributed by atoms with Gasteiger partial charge in [0, 0.05) is 17.5 Å². The van der Waals surface area contributed by atoms with Crippen LogP contribution in [0.15, 0.2) is 18.2 Å². The zero-order chi connectivity index (χ0) is 14.6. The van der Waals surface area contributed by atoms with Crippen LogP contribution in [0.25, 0.3) is 0 Å². The fourth-order valence-electron chi connectivity index (χ4n) is 1.85. The number of nitrogens with zero attached hydrogens (tertiary/aromatic N) is 1. The van der Waals surface area contributed by atoms with E-state index in [1.165, 1.54) is 0 Å². The molecular formula is C13H18N2O4. The molecule has 1 aromatic carbocycles. The molecule has 0 aliphatic carbocycles. The summed E-state index contributed by atoms with van der Waals surface area (Å²) in [6, 6.07) is 5.04. The number of aryl methyl sites for hydroxylation is 1. The molecule has 0 aromatic heterocycles. The zero-order valence-electron chi connectivity index (χ0n) is 11.3. The Kier molecular flexibility index (Phi) is 4.47. The first-order valence-corrected chi connectivity index (χ1v) is 5.97. The van der Waals surface area contributed by atoms with Gasteiger partial charge in [-0.15, -0.1) is 0 Å². The number of benzene rings is 1. The first-order chi connectivity index (χ1) is 8.73. The number of nitro groups is 1. The van der Waals surface area contributed by atoms with Gasteiger partial charge >= 0.3 is 5.97 Å². The molecule has 0 heterocycles. The van der Waals surface area contributed by atoms with Gasteiger partial charge in [0.1, 0.15) is 5.69 Å². The fourth-order valence-corrected chi connectivity index (χ4v) is 1.85. The number of anilines is 1. The Hall–Kier alpha value is -2.11. The van der Waals surface area contributed by atoms with E-state index in [-0.39, 0.29) is 12.1 Å². The zero-order valence-corrected chi connectivity index (χ0v) is 11.3. The molecule has 0 fully saturated rings. The lowest BCUT2D eigenvalue weighted by Crippen LogP contribution is -2.31. The highest BCUT2D eigenvalue weighted by molar-refractivity contribution is 5.68. The maximum atomic E-state index is 11.1. The van der Waals surface area contributed by atoms with Gasteiger partial charge in [0.05, 0.1) is 4.92 Å². The normalized spacial score (nSPS) is 11.1. The highest BCUT2D eigenvalue weighted by Crippen LogP contribution is 2.31. The number of aliphatic carboxylic acids is 1. The smallest absolute Gasteiger partial charge is 0.303 e. The highest BCUT2D eigenvalue weighted by Gasteiger charge is 2.24. The Morgan fingerprint density at radius 3 is 2.63 bits per heavy atom. The summed E-state index contributed by atoms with van der Waals surface area (Å²) < 4.78 is 0. The molecule has 1 aromatic rings. The van der Waals surface area contributed by atoms with Crippen LogP contribution in [0.1, 0.15) is 32.3 Å². The van der Waals surface area contributed by atoms with Crippen LogP contribution >= 0.6 is 0 Å². The standard InChI is InChI=1S/C13H18N2O4/c1-9-5-4-6-10(12(9)15(18)19)14-13(2,3)8-7-11(16)17/h4-6,14H,7-8H2,1-3H3,(H,16,17). The van der Waals surface area contributed by atoms with E-state index in [4.69, 9.17) is 5.11 Å². The number of hydrogen-bond donors (Lipinski definition) is 2. The Morgan fingerprint density at radius 2 is 2.11 bits per heavy atom. The number of carboxylic acid groups (broad SMARTS) is 1. The Morgan fingerprint density at radius 1 is 1.47 bits per heavy atom. The van der Waals surface area contributed by atoms with Crippen LogP contribution in [0.4, 0.5) is 11.4 Å². The quantitative estimate of drug-likeness (QED) is 0.610. The molecule has 6 heteroatoms. The van der Waals surface area contributed by atoms with Crippen LogP contribution in [0.3, 0.4) is 0 Å². The third kappa shape index (κ3) is 4.24. The second kappa shape index (κ2) is 5.69. The summed E-state index contributed by atoms with van der Waals surface area (Å²) in [6.07, 6.45) is 0.396. The molecule has 0 amide bonds. The Bertz CT molecular complexity index is 497. The second-order valence-corrected chi connectivity index (χ2v) is 5.13. The molecular weight excluding hydrogens is 248 g/mol. The minimum Gasteiger partial charge on any atom is -0.481 e.